The van der Waals surface area contributed by atoms with E-state index in [-0.39, 0.29) is 11.4 Å². The summed E-state index contributed by atoms with van der Waals surface area (Å²) in [6.07, 6.45) is 0. The minimum atomic E-state index is -0.302. The van der Waals surface area contributed by atoms with Crippen LogP contribution < -0.4 is 5.32 Å². The molecule has 0 unspecified atom stereocenters. The van der Waals surface area contributed by atoms with Crippen LogP contribution in [-0.4, -0.2) is 21.4 Å². The summed E-state index contributed by atoms with van der Waals surface area (Å²) in [5.41, 5.74) is 5.37. The highest BCUT2D eigenvalue weighted by atomic mass is 16.1. The van der Waals surface area contributed by atoms with Crippen molar-refractivity contribution in [1.29, 1.82) is 0 Å². The lowest BCUT2D eigenvalue weighted by molar-refractivity contribution is 0.0919. The second-order valence-electron chi connectivity index (χ2n) is 8.06. The Bertz CT molecular complexity index is 1160. The van der Waals surface area contributed by atoms with Crippen LogP contribution in [0.3, 0.4) is 0 Å². The second-order valence-corrected chi connectivity index (χ2v) is 8.06. The van der Waals surface area contributed by atoms with E-state index in [4.69, 9.17) is 9.97 Å². The largest absolute Gasteiger partial charge is 0.347 e. The maximum atomic E-state index is 12.6. The lowest BCUT2D eigenvalue weighted by Crippen LogP contribution is -2.40. The Hall–Kier alpha value is -3.53. The molecule has 1 N–H and O–H groups in total. The van der Waals surface area contributed by atoms with Crippen molar-refractivity contribution in [3.8, 4) is 22.5 Å². The summed E-state index contributed by atoms with van der Waals surface area (Å²) >= 11 is 0. The van der Waals surface area contributed by atoms with Crippen LogP contribution in [0.1, 0.15) is 31.1 Å². The maximum absolute atomic E-state index is 12.6. The first-order valence-corrected chi connectivity index (χ1v) is 9.66. The topological polar surface area (TPSA) is 54.9 Å². The molecule has 3 aromatic carbocycles. The summed E-state index contributed by atoms with van der Waals surface area (Å²) in [7, 11) is 0. The van der Waals surface area contributed by atoms with Crippen molar-refractivity contribution in [1.82, 2.24) is 15.3 Å². The molecule has 0 saturated carbocycles. The van der Waals surface area contributed by atoms with Gasteiger partial charge >= 0.3 is 0 Å². The maximum Gasteiger partial charge on any atom is 0.251 e. The first kappa shape index (κ1) is 18.8. The average Bonchev–Trinajstić information content (AvgIpc) is 2.72. The van der Waals surface area contributed by atoms with E-state index in [9.17, 15) is 4.79 Å². The molecule has 0 saturated heterocycles. The molecule has 0 fully saturated rings. The van der Waals surface area contributed by atoms with E-state index in [1.165, 1.54) is 0 Å². The van der Waals surface area contributed by atoms with Gasteiger partial charge in [0.2, 0.25) is 0 Å². The van der Waals surface area contributed by atoms with Crippen LogP contribution in [0.25, 0.3) is 33.5 Å². The predicted molar refractivity (Wildman–Crippen MR) is 118 cm³/mol. The molecule has 144 valence electrons. The molecule has 4 aromatic rings. The smallest absolute Gasteiger partial charge is 0.251 e. The van der Waals surface area contributed by atoms with Gasteiger partial charge in [0, 0.05) is 22.2 Å². The Balaban J connectivity index is 1.88. The van der Waals surface area contributed by atoms with Gasteiger partial charge in [0.25, 0.3) is 5.91 Å². The number of aromatic nitrogens is 2. The van der Waals surface area contributed by atoms with E-state index in [1.54, 1.807) is 6.07 Å². The van der Waals surface area contributed by atoms with Crippen molar-refractivity contribution in [2.75, 3.05) is 0 Å². The van der Waals surface area contributed by atoms with Crippen molar-refractivity contribution in [2.24, 2.45) is 0 Å². The van der Waals surface area contributed by atoms with Crippen molar-refractivity contribution in [2.45, 2.75) is 26.3 Å². The summed E-state index contributed by atoms with van der Waals surface area (Å²) in [6.45, 7) is 5.89. The van der Waals surface area contributed by atoms with Crippen molar-refractivity contribution < 1.29 is 4.79 Å². The van der Waals surface area contributed by atoms with Crippen molar-refractivity contribution in [3.63, 3.8) is 0 Å². The average molecular weight is 381 g/mol. The van der Waals surface area contributed by atoms with Gasteiger partial charge in [-0.25, -0.2) is 9.97 Å². The molecule has 4 nitrogen and oxygen atoms in total. The van der Waals surface area contributed by atoms with Crippen LogP contribution >= 0.6 is 0 Å². The highest BCUT2D eigenvalue weighted by molar-refractivity contribution is 5.98. The molecule has 4 rings (SSSR count). The van der Waals surface area contributed by atoms with Crippen LogP contribution in [0, 0.1) is 0 Å². The number of amides is 1. The minimum absolute atomic E-state index is 0.116. The lowest BCUT2D eigenvalue weighted by Gasteiger charge is -2.20. The lowest BCUT2D eigenvalue weighted by atomic mass is 10.0. The van der Waals surface area contributed by atoms with Crippen LogP contribution in [0.2, 0.25) is 0 Å². The fourth-order valence-corrected chi connectivity index (χ4v) is 3.20. The number of nitrogens with one attached hydrogen (secondary N) is 1. The van der Waals surface area contributed by atoms with Gasteiger partial charge in [-0.05, 0) is 39.0 Å². The molecular formula is C25H23N3O. The molecular weight excluding hydrogens is 358 g/mol. The summed E-state index contributed by atoms with van der Waals surface area (Å²) in [6, 6.07) is 25.5. The van der Waals surface area contributed by atoms with Crippen LogP contribution in [0.15, 0.2) is 78.9 Å². The van der Waals surface area contributed by atoms with Gasteiger partial charge in [0.05, 0.1) is 22.4 Å². The monoisotopic (exact) mass is 381 g/mol. The summed E-state index contributed by atoms with van der Waals surface area (Å²) in [4.78, 5) is 22.4. The van der Waals surface area contributed by atoms with Gasteiger partial charge in [-0.2, -0.15) is 0 Å². The molecule has 29 heavy (non-hydrogen) atoms. The molecule has 1 heterocycles. The molecule has 1 aromatic heterocycles. The van der Waals surface area contributed by atoms with Crippen molar-refractivity contribution >= 4 is 16.9 Å². The van der Waals surface area contributed by atoms with Gasteiger partial charge in [0.1, 0.15) is 0 Å². The van der Waals surface area contributed by atoms with E-state index in [0.717, 1.165) is 28.0 Å². The zero-order valence-corrected chi connectivity index (χ0v) is 16.8. The molecule has 0 atom stereocenters. The van der Waals surface area contributed by atoms with E-state index in [2.05, 4.69) is 5.32 Å². The van der Waals surface area contributed by atoms with E-state index < -0.39 is 0 Å². The number of hydrogen-bond donors (Lipinski definition) is 1. The number of fused-ring (bicyclic) bond motifs is 1. The molecule has 0 bridgehead atoms. The molecule has 0 aliphatic heterocycles. The van der Waals surface area contributed by atoms with Crippen molar-refractivity contribution in [3.05, 3.63) is 84.4 Å². The zero-order chi connectivity index (χ0) is 20.4. The Morgan fingerprint density at radius 1 is 0.724 bits per heavy atom. The Morgan fingerprint density at radius 2 is 1.24 bits per heavy atom. The summed E-state index contributed by atoms with van der Waals surface area (Å²) in [5.74, 6) is -0.116. The predicted octanol–water partition coefficient (Wildman–Crippen LogP) is 5.49. The van der Waals surface area contributed by atoms with E-state index >= 15 is 0 Å². The van der Waals surface area contributed by atoms with Gasteiger partial charge < -0.3 is 5.32 Å². The van der Waals surface area contributed by atoms with E-state index in [1.807, 2.05) is 93.6 Å². The van der Waals surface area contributed by atoms with Gasteiger partial charge in [-0.15, -0.1) is 0 Å². The number of rotatable bonds is 3. The van der Waals surface area contributed by atoms with Crippen LogP contribution in [0.4, 0.5) is 0 Å². The normalized spacial score (nSPS) is 11.4. The summed E-state index contributed by atoms with van der Waals surface area (Å²) in [5, 5.41) is 3.00. The standard InChI is InChI=1S/C25H23N3O/c1-25(2,3)28-24(29)19-14-15-20-21(16-19)27-23(18-12-8-5-9-13-18)22(26-20)17-10-6-4-7-11-17/h4-16H,1-3H3,(H,28,29). The molecule has 0 aliphatic carbocycles. The van der Waals surface area contributed by atoms with Gasteiger partial charge in [-0.1, -0.05) is 60.7 Å². The zero-order valence-electron chi connectivity index (χ0n) is 16.8. The highest BCUT2D eigenvalue weighted by Crippen LogP contribution is 2.31. The first-order chi connectivity index (χ1) is 13.9. The molecule has 4 heteroatoms. The molecule has 0 spiro atoms. The van der Waals surface area contributed by atoms with Crippen LogP contribution in [0.5, 0.6) is 0 Å². The van der Waals surface area contributed by atoms with Crippen LogP contribution in [-0.2, 0) is 0 Å². The Kier molecular flexibility index (Phi) is 4.85. The number of nitrogens with zero attached hydrogens (tertiary/aromatic N) is 2. The molecule has 0 radical (unpaired) electrons. The fraction of sp³-hybridized carbons (Fsp3) is 0.160. The first-order valence-electron chi connectivity index (χ1n) is 9.66. The number of benzene rings is 3. The Labute approximate surface area is 170 Å². The Morgan fingerprint density at radius 3 is 1.76 bits per heavy atom. The minimum Gasteiger partial charge on any atom is -0.347 e. The third-order valence-electron chi connectivity index (χ3n) is 4.51. The third kappa shape index (κ3) is 4.16. The third-order valence-corrected chi connectivity index (χ3v) is 4.51. The SMILES string of the molecule is CC(C)(C)NC(=O)c1ccc2nc(-c3ccccc3)c(-c3ccccc3)nc2c1. The highest BCUT2D eigenvalue weighted by Gasteiger charge is 2.17. The molecule has 0 aliphatic rings. The second kappa shape index (κ2) is 7.47. The summed E-state index contributed by atoms with van der Waals surface area (Å²) < 4.78 is 0. The van der Waals surface area contributed by atoms with E-state index in [0.29, 0.717) is 11.1 Å². The number of hydrogen-bond acceptors (Lipinski definition) is 3. The number of carbonyl (C=O) groups excluding carboxylic acids is 1. The quantitative estimate of drug-likeness (QED) is 0.510. The molecule has 1 amide bonds. The number of carbonyl (C=O) groups is 1. The van der Waals surface area contributed by atoms with Gasteiger partial charge in [-0.3, -0.25) is 4.79 Å². The fourth-order valence-electron chi connectivity index (χ4n) is 3.20. The van der Waals surface area contributed by atoms with Gasteiger partial charge in [0.15, 0.2) is 0 Å².